The van der Waals surface area contributed by atoms with E-state index in [0.717, 1.165) is 11.3 Å². The summed E-state index contributed by atoms with van der Waals surface area (Å²) in [6.45, 7) is 7.03. The number of nitrogens with one attached hydrogen (secondary N) is 1. The zero-order valence-corrected chi connectivity index (χ0v) is 13.8. The van der Waals surface area contributed by atoms with E-state index in [9.17, 15) is 4.79 Å². The van der Waals surface area contributed by atoms with Crippen molar-refractivity contribution in [3.63, 3.8) is 0 Å². The van der Waals surface area contributed by atoms with Crippen molar-refractivity contribution in [2.45, 2.75) is 33.0 Å². The summed E-state index contributed by atoms with van der Waals surface area (Å²) < 4.78 is 16.2. The highest BCUT2D eigenvalue weighted by Gasteiger charge is 2.26. The Morgan fingerprint density at radius 1 is 1.18 bits per heavy atom. The van der Waals surface area contributed by atoms with E-state index in [-0.39, 0.29) is 18.2 Å². The minimum absolute atomic E-state index is 0.0426. The van der Waals surface area contributed by atoms with Gasteiger partial charge in [0.2, 0.25) is 0 Å². The number of aryl methyl sites for hydroxylation is 1. The van der Waals surface area contributed by atoms with Crippen LogP contribution >= 0.6 is 0 Å². The fourth-order valence-electron chi connectivity index (χ4n) is 2.65. The van der Waals surface area contributed by atoms with Gasteiger partial charge < -0.3 is 24.4 Å². The van der Waals surface area contributed by atoms with Gasteiger partial charge >= 0.3 is 6.03 Å². The summed E-state index contributed by atoms with van der Waals surface area (Å²) >= 11 is 0. The highest BCUT2D eigenvalue weighted by Crippen LogP contribution is 2.33. The van der Waals surface area contributed by atoms with E-state index in [0.29, 0.717) is 24.6 Å². The van der Waals surface area contributed by atoms with Crippen molar-refractivity contribution in [1.82, 2.24) is 4.90 Å². The van der Waals surface area contributed by atoms with Crippen molar-refractivity contribution in [2.75, 3.05) is 32.6 Å². The quantitative estimate of drug-likeness (QED) is 0.932. The standard InChI is InChI=1S/C16H24N2O4/c1-10-6-14(20-4)15(21-5)7-13(10)17-16(19)18-8-11(2)22-12(3)9-18/h6-7,11-12H,8-9H2,1-5H3,(H,17,19)/t11-,12-/m1/s1. The molecule has 2 atom stereocenters. The summed E-state index contributed by atoms with van der Waals surface area (Å²) in [5.41, 5.74) is 1.63. The summed E-state index contributed by atoms with van der Waals surface area (Å²) in [4.78, 5) is 14.2. The Morgan fingerprint density at radius 3 is 2.27 bits per heavy atom. The molecular weight excluding hydrogens is 284 g/mol. The number of urea groups is 1. The van der Waals surface area contributed by atoms with Gasteiger partial charge in [0.15, 0.2) is 11.5 Å². The van der Waals surface area contributed by atoms with E-state index in [1.807, 2.05) is 26.8 Å². The Labute approximate surface area is 131 Å². The number of morpholine rings is 1. The van der Waals surface area contributed by atoms with Crippen LogP contribution in [-0.4, -0.2) is 50.4 Å². The summed E-state index contributed by atoms with van der Waals surface area (Å²) in [5.74, 6) is 1.23. The summed E-state index contributed by atoms with van der Waals surface area (Å²) in [5, 5.41) is 2.94. The molecule has 22 heavy (non-hydrogen) atoms. The smallest absolute Gasteiger partial charge is 0.322 e. The van der Waals surface area contributed by atoms with Crippen LogP contribution in [0.2, 0.25) is 0 Å². The largest absolute Gasteiger partial charge is 0.493 e. The van der Waals surface area contributed by atoms with Crippen LogP contribution in [0.1, 0.15) is 19.4 Å². The molecule has 1 aliphatic rings. The lowest BCUT2D eigenvalue weighted by atomic mass is 10.1. The van der Waals surface area contributed by atoms with Crippen LogP contribution < -0.4 is 14.8 Å². The van der Waals surface area contributed by atoms with Crippen LogP contribution in [0.25, 0.3) is 0 Å². The molecule has 1 aromatic rings. The SMILES string of the molecule is COc1cc(C)c(NC(=O)N2C[C@@H](C)O[C@H](C)C2)cc1OC. The third kappa shape index (κ3) is 3.62. The van der Waals surface area contributed by atoms with Gasteiger partial charge in [-0.25, -0.2) is 4.79 Å². The van der Waals surface area contributed by atoms with Crippen molar-refractivity contribution in [3.05, 3.63) is 17.7 Å². The molecule has 1 fully saturated rings. The molecule has 0 saturated carbocycles. The number of amides is 2. The van der Waals surface area contributed by atoms with E-state index < -0.39 is 0 Å². The Morgan fingerprint density at radius 2 is 1.73 bits per heavy atom. The van der Waals surface area contributed by atoms with Crippen LogP contribution in [0, 0.1) is 6.92 Å². The number of ether oxygens (including phenoxy) is 3. The molecular formula is C16H24N2O4. The Bertz CT molecular complexity index is 537. The first-order valence-electron chi connectivity index (χ1n) is 7.38. The van der Waals surface area contributed by atoms with Gasteiger partial charge in [-0.2, -0.15) is 0 Å². The average molecular weight is 308 g/mol. The number of methoxy groups -OCH3 is 2. The van der Waals surface area contributed by atoms with Crippen molar-refractivity contribution in [3.8, 4) is 11.5 Å². The van der Waals surface area contributed by atoms with Gasteiger partial charge in [0, 0.05) is 24.8 Å². The topological polar surface area (TPSA) is 60.0 Å². The second-order valence-electron chi connectivity index (χ2n) is 5.61. The molecule has 1 aromatic carbocycles. The lowest BCUT2D eigenvalue weighted by Crippen LogP contribution is -2.49. The maximum absolute atomic E-state index is 12.5. The van der Waals surface area contributed by atoms with Crippen molar-refractivity contribution < 1.29 is 19.0 Å². The second kappa shape index (κ2) is 6.87. The maximum Gasteiger partial charge on any atom is 0.322 e. The predicted octanol–water partition coefficient (Wildman–Crippen LogP) is 2.65. The Hall–Kier alpha value is -1.95. The zero-order chi connectivity index (χ0) is 16.3. The second-order valence-corrected chi connectivity index (χ2v) is 5.61. The first-order chi connectivity index (χ1) is 10.4. The van der Waals surface area contributed by atoms with Crippen LogP contribution in [0.3, 0.4) is 0 Å². The van der Waals surface area contributed by atoms with Gasteiger partial charge in [-0.05, 0) is 32.4 Å². The number of hydrogen-bond acceptors (Lipinski definition) is 4. The van der Waals surface area contributed by atoms with E-state index >= 15 is 0 Å². The first-order valence-corrected chi connectivity index (χ1v) is 7.38. The summed E-state index contributed by atoms with van der Waals surface area (Å²) in [7, 11) is 3.16. The Kier molecular flexibility index (Phi) is 5.13. The number of nitrogens with zero attached hydrogens (tertiary/aromatic N) is 1. The van der Waals surface area contributed by atoms with Gasteiger partial charge in [-0.15, -0.1) is 0 Å². The monoisotopic (exact) mass is 308 g/mol. The summed E-state index contributed by atoms with van der Waals surface area (Å²) in [6.07, 6.45) is 0.0852. The number of rotatable bonds is 3. The van der Waals surface area contributed by atoms with E-state index in [2.05, 4.69) is 5.32 Å². The van der Waals surface area contributed by atoms with E-state index in [1.54, 1.807) is 25.2 Å². The van der Waals surface area contributed by atoms with Crippen LogP contribution in [0.4, 0.5) is 10.5 Å². The molecule has 0 spiro atoms. The highest BCUT2D eigenvalue weighted by molar-refractivity contribution is 5.90. The van der Waals surface area contributed by atoms with Crippen LogP contribution in [0.5, 0.6) is 11.5 Å². The molecule has 0 aromatic heterocycles. The molecule has 6 nitrogen and oxygen atoms in total. The first kappa shape index (κ1) is 16.4. The van der Waals surface area contributed by atoms with Gasteiger partial charge in [0.25, 0.3) is 0 Å². The fraction of sp³-hybridized carbons (Fsp3) is 0.562. The third-order valence-electron chi connectivity index (χ3n) is 3.68. The van der Waals surface area contributed by atoms with Gasteiger partial charge in [-0.3, -0.25) is 0 Å². The number of anilines is 1. The molecule has 1 aliphatic heterocycles. The molecule has 1 N–H and O–H groups in total. The van der Waals surface area contributed by atoms with Gasteiger partial charge in [0.05, 0.1) is 26.4 Å². The number of hydrogen-bond donors (Lipinski definition) is 1. The molecule has 2 amide bonds. The molecule has 0 bridgehead atoms. The molecule has 6 heteroatoms. The molecule has 0 radical (unpaired) electrons. The third-order valence-corrected chi connectivity index (χ3v) is 3.68. The molecule has 0 aliphatic carbocycles. The highest BCUT2D eigenvalue weighted by atomic mass is 16.5. The van der Waals surface area contributed by atoms with Crippen LogP contribution in [-0.2, 0) is 4.74 Å². The minimum atomic E-state index is -0.127. The molecule has 1 heterocycles. The lowest BCUT2D eigenvalue weighted by Gasteiger charge is -2.35. The summed E-state index contributed by atoms with van der Waals surface area (Å²) in [6, 6.07) is 3.50. The molecule has 2 rings (SSSR count). The van der Waals surface area contributed by atoms with E-state index in [1.165, 1.54) is 0 Å². The average Bonchev–Trinajstić information content (AvgIpc) is 2.47. The maximum atomic E-state index is 12.5. The molecule has 1 saturated heterocycles. The number of benzene rings is 1. The van der Waals surface area contributed by atoms with E-state index in [4.69, 9.17) is 14.2 Å². The van der Waals surface area contributed by atoms with Crippen molar-refractivity contribution >= 4 is 11.7 Å². The van der Waals surface area contributed by atoms with Crippen molar-refractivity contribution in [1.29, 1.82) is 0 Å². The Balaban J connectivity index is 2.14. The molecule has 122 valence electrons. The normalized spacial score (nSPS) is 21.4. The fourth-order valence-corrected chi connectivity index (χ4v) is 2.65. The number of carbonyl (C=O) groups excluding carboxylic acids is 1. The number of carbonyl (C=O) groups is 1. The lowest BCUT2D eigenvalue weighted by molar-refractivity contribution is -0.0530. The molecule has 0 unspecified atom stereocenters. The van der Waals surface area contributed by atoms with Crippen LogP contribution in [0.15, 0.2) is 12.1 Å². The minimum Gasteiger partial charge on any atom is -0.493 e. The van der Waals surface area contributed by atoms with Gasteiger partial charge in [0.1, 0.15) is 0 Å². The zero-order valence-electron chi connectivity index (χ0n) is 13.8. The van der Waals surface area contributed by atoms with Gasteiger partial charge in [-0.1, -0.05) is 0 Å². The van der Waals surface area contributed by atoms with Crippen molar-refractivity contribution in [2.24, 2.45) is 0 Å². The predicted molar refractivity (Wildman–Crippen MR) is 84.9 cm³/mol.